The average molecular weight is 268 g/mol. The fourth-order valence-electron chi connectivity index (χ4n) is 3.09. The van der Waals surface area contributed by atoms with Crippen LogP contribution in [-0.2, 0) is 9.53 Å². The van der Waals surface area contributed by atoms with Crippen LogP contribution in [0.15, 0.2) is 0 Å². The minimum absolute atomic E-state index is 0.0599. The van der Waals surface area contributed by atoms with Gasteiger partial charge in [-0.1, -0.05) is 19.3 Å². The van der Waals surface area contributed by atoms with Crippen molar-refractivity contribution in [2.45, 2.75) is 83.1 Å². The van der Waals surface area contributed by atoms with Gasteiger partial charge in [0.25, 0.3) is 0 Å². The summed E-state index contributed by atoms with van der Waals surface area (Å²) in [6.45, 7) is 5.07. The lowest BCUT2D eigenvalue weighted by atomic mass is 9.95. The zero-order valence-electron chi connectivity index (χ0n) is 12.3. The lowest BCUT2D eigenvalue weighted by Gasteiger charge is -2.32. The first-order valence-corrected chi connectivity index (χ1v) is 7.86. The predicted molar refractivity (Wildman–Crippen MR) is 76.0 cm³/mol. The third kappa shape index (κ3) is 4.46. The second-order valence-electron chi connectivity index (χ2n) is 6.05. The molecule has 1 aliphatic carbocycles. The SMILES string of the molecule is CC(OC1CCCNC1C)C(=O)NC1CCCCC1. The molecule has 2 rings (SSSR count). The number of hydrogen-bond acceptors (Lipinski definition) is 3. The van der Waals surface area contributed by atoms with E-state index in [0.717, 1.165) is 32.2 Å². The van der Waals surface area contributed by atoms with Gasteiger partial charge in [0.15, 0.2) is 0 Å². The Morgan fingerprint density at radius 2 is 1.95 bits per heavy atom. The molecule has 1 aliphatic heterocycles. The second kappa shape index (κ2) is 7.25. The summed E-state index contributed by atoms with van der Waals surface area (Å²) < 4.78 is 5.93. The molecule has 3 atom stereocenters. The molecule has 2 fully saturated rings. The van der Waals surface area contributed by atoms with Crippen molar-refractivity contribution in [2.75, 3.05) is 6.54 Å². The molecule has 0 aromatic carbocycles. The molecule has 2 N–H and O–H groups in total. The van der Waals surface area contributed by atoms with E-state index in [0.29, 0.717) is 12.1 Å². The summed E-state index contributed by atoms with van der Waals surface area (Å²) in [5.41, 5.74) is 0. The standard InChI is InChI=1S/C15H28N2O2/c1-11-14(9-6-10-16-11)19-12(2)15(18)17-13-7-4-3-5-8-13/h11-14,16H,3-10H2,1-2H3,(H,17,18). The van der Waals surface area contributed by atoms with Crippen LogP contribution in [0.2, 0.25) is 0 Å². The first-order chi connectivity index (χ1) is 9.16. The van der Waals surface area contributed by atoms with Gasteiger partial charge in [0.05, 0.1) is 6.10 Å². The largest absolute Gasteiger partial charge is 0.364 e. The smallest absolute Gasteiger partial charge is 0.249 e. The predicted octanol–water partition coefficient (Wildman–Crippen LogP) is 1.98. The number of rotatable bonds is 4. The summed E-state index contributed by atoms with van der Waals surface area (Å²) in [5.74, 6) is 0.0599. The van der Waals surface area contributed by atoms with Crippen LogP contribution in [0.1, 0.15) is 58.8 Å². The van der Waals surface area contributed by atoms with Gasteiger partial charge >= 0.3 is 0 Å². The summed E-state index contributed by atoms with van der Waals surface area (Å²) in [7, 11) is 0. The molecule has 1 heterocycles. The highest BCUT2D eigenvalue weighted by molar-refractivity contribution is 5.80. The Balaban J connectivity index is 1.74. The Hall–Kier alpha value is -0.610. The van der Waals surface area contributed by atoms with Crippen molar-refractivity contribution < 1.29 is 9.53 Å². The molecule has 4 heteroatoms. The number of ether oxygens (including phenoxy) is 1. The molecule has 0 aromatic rings. The summed E-state index contributed by atoms with van der Waals surface area (Å²) in [5, 5.41) is 6.54. The number of nitrogens with one attached hydrogen (secondary N) is 2. The van der Waals surface area contributed by atoms with Crippen molar-refractivity contribution in [3.05, 3.63) is 0 Å². The molecular weight excluding hydrogens is 240 g/mol. The third-order valence-corrected chi connectivity index (χ3v) is 4.39. The summed E-state index contributed by atoms with van der Waals surface area (Å²) >= 11 is 0. The number of piperidine rings is 1. The number of carbonyl (C=O) groups excluding carboxylic acids is 1. The Morgan fingerprint density at radius 3 is 2.63 bits per heavy atom. The molecule has 3 unspecified atom stereocenters. The summed E-state index contributed by atoms with van der Waals surface area (Å²) in [6, 6.07) is 0.716. The zero-order valence-corrected chi connectivity index (χ0v) is 12.3. The van der Waals surface area contributed by atoms with Gasteiger partial charge in [-0.3, -0.25) is 4.79 Å². The van der Waals surface area contributed by atoms with E-state index in [1.54, 1.807) is 0 Å². The van der Waals surface area contributed by atoms with Gasteiger partial charge in [-0.2, -0.15) is 0 Å². The molecule has 4 nitrogen and oxygen atoms in total. The monoisotopic (exact) mass is 268 g/mol. The molecule has 1 amide bonds. The van der Waals surface area contributed by atoms with E-state index in [1.807, 2.05) is 6.92 Å². The van der Waals surface area contributed by atoms with E-state index in [9.17, 15) is 4.79 Å². The van der Waals surface area contributed by atoms with E-state index in [-0.39, 0.29) is 18.1 Å². The number of amides is 1. The first-order valence-electron chi connectivity index (χ1n) is 7.86. The van der Waals surface area contributed by atoms with Crippen LogP contribution in [0.5, 0.6) is 0 Å². The zero-order chi connectivity index (χ0) is 13.7. The number of hydrogen-bond donors (Lipinski definition) is 2. The van der Waals surface area contributed by atoms with E-state index in [2.05, 4.69) is 17.6 Å². The minimum atomic E-state index is -0.339. The van der Waals surface area contributed by atoms with Crippen LogP contribution in [0.25, 0.3) is 0 Å². The van der Waals surface area contributed by atoms with Crippen LogP contribution in [0.4, 0.5) is 0 Å². The van der Waals surface area contributed by atoms with E-state index < -0.39 is 0 Å². The lowest BCUT2D eigenvalue weighted by Crippen LogP contribution is -2.48. The van der Waals surface area contributed by atoms with Gasteiger partial charge in [-0.15, -0.1) is 0 Å². The molecule has 2 aliphatic rings. The van der Waals surface area contributed by atoms with E-state index >= 15 is 0 Å². The maximum Gasteiger partial charge on any atom is 0.249 e. The van der Waals surface area contributed by atoms with Crippen molar-refractivity contribution >= 4 is 5.91 Å². The van der Waals surface area contributed by atoms with Crippen LogP contribution < -0.4 is 10.6 Å². The van der Waals surface area contributed by atoms with Gasteiger partial charge < -0.3 is 15.4 Å². The highest BCUT2D eigenvalue weighted by Crippen LogP contribution is 2.18. The quantitative estimate of drug-likeness (QED) is 0.819. The number of carbonyl (C=O) groups is 1. The van der Waals surface area contributed by atoms with Gasteiger partial charge in [0.1, 0.15) is 6.10 Å². The topological polar surface area (TPSA) is 50.4 Å². The Kier molecular flexibility index (Phi) is 5.64. The highest BCUT2D eigenvalue weighted by Gasteiger charge is 2.27. The summed E-state index contributed by atoms with van der Waals surface area (Å²) in [4.78, 5) is 12.1. The van der Waals surface area contributed by atoms with Gasteiger partial charge in [-0.25, -0.2) is 0 Å². The van der Waals surface area contributed by atoms with Crippen LogP contribution in [0.3, 0.4) is 0 Å². The van der Waals surface area contributed by atoms with Gasteiger partial charge in [0, 0.05) is 12.1 Å². The van der Waals surface area contributed by atoms with Crippen LogP contribution in [0, 0.1) is 0 Å². The van der Waals surface area contributed by atoms with Crippen molar-refractivity contribution in [3.8, 4) is 0 Å². The Bertz CT molecular complexity index is 290. The molecule has 110 valence electrons. The van der Waals surface area contributed by atoms with E-state index in [1.165, 1.54) is 19.3 Å². The van der Waals surface area contributed by atoms with Gasteiger partial charge in [0.2, 0.25) is 5.91 Å². The minimum Gasteiger partial charge on any atom is -0.364 e. The van der Waals surface area contributed by atoms with Crippen molar-refractivity contribution in [1.29, 1.82) is 0 Å². The van der Waals surface area contributed by atoms with E-state index in [4.69, 9.17) is 4.74 Å². The molecule has 19 heavy (non-hydrogen) atoms. The Labute approximate surface area is 116 Å². The van der Waals surface area contributed by atoms with Crippen molar-refractivity contribution in [3.63, 3.8) is 0 Å². The molecule has 0 aromatic heterocycles. The van der Waals surface area contributed by atoms with Crippen molar-refractivity contribution in [1.82, 2.24) is 10.6 Å². The highest BCUT2D eigenvalue weighted by atomic mass is 16.5. The molecule has 1 saturated carbocycles. The fraction of sp³-hybridized carbons (Fsp3) is 0.933. The van der Waals surface area contributed by atoms with Gasteiger partial charge in [-0.05, 0) is 46.1 Å². The summed E-state index contributed by atoms with van der Waals surface area (Å²) in [6.07, 6.45) is 8.05. The normalized spacial score (nSPS) is 30.8. The maximum atomic E-state index is 12.1. The lowest BCUT2D eigenvalue weighted by molar-refractivity contribution is -0.138. The third-order valence-electron chi connectivity index (χ3n) is 4.39. The maximum absolute atomic E-state index is 12.1. The van der Waals surface area contributed by atoms with Crippen LogP contribution >= 0.6 is 0 Å². The molecule has 1 saturated heterocycles. The molecule has 0 bridgehead atoms. The van der Waals surface area contributed by atoms with Crippen LogP contribution in [-0.4, -0.2) is 36.7 Å². The second-order valence-corrected chi connectivity index (χ2v) is 6.05. The first kappa shape index (κ1) is 14.8. The molecule has 0 radical (unpaired) electrons. The van der Waals surface area contributed by atoms with Crippen molar-refractivity contribution in [2.24, 2.45) is 0 Å². The fourth-order valence-corrected chi connectivity index (χ4v) is 3.09. The molecule has 0 spiro atoms. The Morgan fingerprint density at radius 1 is 1.21 bits per heavy atom. The molecular formula is C15H28N2O2. The average Bonchev–Trinajstić information content (AvgIpc) is 2.42.